The molecule has 0 amide bonds. The van der Waals surface area contributed by atoms with Crippen LogP contribution >= 0.6 is 0 Å². The van der Waals surface area contributed by atoms with Crippen molar-refractivity contribution in [1.29, 1.82) is 0 Å². The molecule has 4 rings (SSSR count). The predicted molar refractivity (Wildman–Crippen MR) is 131 cm³/mol. The van der Waals surface area contributed by atoms with Crippen molar-refractivity contribution in [3.05, 3.63) is 144 Å². The van der Waals surface area contributed by atoms with Gasteiger partial charge in [-0.15, -0.1) is 0 Å². The van der Waals surface area contributed by atoms with Gasteiger partial charge in [0.05, 0.1) is 11.4 Å². The summed E-state index contributed by atoms with van der Waals surface area (Å²) in [4.78, 5) is 9.20. The average Bonchev–Trinajstić information content (AvgIpc) is 2.85. The van der Waals surface area contributed by atoms with Gasteiger partial charge in [0, 0.05) is 11.1 Å². The van der Waals surface area contributed by atoms with E-state index in [-0.39, 0.29) is 0 Å². The molecule has 4 aromatic carbocycles. The molecule has 4 aromatic rings. The van der Waals surface area contributed by atoms with Gasteiger partial charge in [-0.05, 0) is 23.3 Å². The van der Waals surface area contributed by atoms with Crippen LogP contribution in [0.2, 0.25) is 0 Å². The summed E-state index contributed by atoms with van der Waals surface area (Å²) in [6.45, 7) is 0. The average molecular weight is 399 g/mol. The molecule has 0 N–H and O–H groups in total. The fraction of sp³-hybridized carbons (Fsp3) is 0. The van der Waals surface area contributed by atoms with E-state index in [4.69, 9.17) is 0 Å². The molecule has 0 fully saturated rings. The van der Waals surface area contributed by atoms with Crippen molar-refractivity contribution in [2.45, 2.75) is 0 Å². The molecule has 148 valence electrons. The molecule has 0 unspecified atom stereocenters. The molecule has 0 spiro atoms. The van der Waals surface area contributed by atoms with E-state index in [0.717, 1.165) is 33.6 Å². The first-order valence-corrected chi connectivity index (χ1v) is 10.2. The van der Waals surface area contributed by atoms with E-state index >= 15 is 0 Å². The van der Waals surface area contributed by atoms with E-state index in [2.05, 4.69) is 40.3 Å². The van der Waals surface area contributed by atoms with Gasteiger partial charge in [0.2, 0.25) is 0 Å². The van der Waals surface area contributed by atoms with Gasteiger partial charge in [-0.2, -0.15) is 9.98 Å². The first-order valence-electron chi connectivity index (χ1n) is 10.2. The van der Waals surface area contributed by atoms with Gasteiger partial charge in [0.25, 0.3) is 0 Å². The highest BCUT2D eigenvalue weighted by atomic mass is 14.8. The Kier molecular flexibility index (Phi) is 6.78. The molecule has 0 aliphatic rings. The van der Waals surface area contributed by atoms with Gasteiger partial charge in [0.1, 0.15) is 6.01 Å². The molecule has 0 bridgehead atoms. The van der Waals surface area contributed by atoms with Crippen molar-refractivity contribution >= 4 is 29.6 Å². The standard InChI is InChI=1S/C29H22N2/c1-5-13-24(14-6-1)21-28(26-17-9-3-10-18-26)30-23-31-29(27-19-11-4-12-20-27)22-25-15-7-2-8-16-25/h1-22H/b28-21+,29-22+. The van der Waals surface area contributed by atoms with Crippen LogP contribution < -0.4 is 0 Å². The van der Waals surface area contributed by atoms with Crippen molar-refractivity contribution in [1.82, 2.24) is 0 Å². The minimum atomic E-state index is 0.808. The first kappa shape index (κ1) is 20.0. The number of nitrogens with zero attached hydrogens (tertiary/aromatic N) is 2. The number of hydrogen-bond donors (Lipinski definition) is 0. The van der Waals surface area contributed by atoms with E-state index in [1.807, 2.05) is 109 Å². The van der Waals surface area contributed by atoms with Crippen LogP contribution in [0.15, 0.2) is 131 Å². The molecule has 0 heterocycles. The molecular formula is C29H22N2. The van der Waals surface area contributed by atoms with Gasteiger partial charge in [-0.25, -0.2) is 0 Å². The van der Waals surface area contributed by atoms with Crippen LogP contribution in [0.4, 0.5) is 0 Å². The van der Waals surface area contributed by atoms with Crippen molar-refractivity contribution < 1.29 is 0 Å². The molecule has 2 nitrogen and oxygen atoms in total. The van der Waals surface area contributed by atoms with Crippen molar-refractivity contribution in [2.75, 3.05) is 0 Å². The number of aliphatic imine (C=N–C) groups is 2. The monoisotopic (exact) mass is 398 g/mol. The van der Waals surface area contributed by atoms with E-state index in [9.17, 15) is 0 Å². The van der Waals surface area contributed by atoms with Crippen LogP contribution in [0.5, 0.6) is 0 Å². The lowest BCUT2D eigenvalue weighted by molar-refractivity contribution is 1.49. The smallest absolute Gasteiger partial charge is 0.101 e. The summed E-state index contributed by atoms with van der Waals surface area (Å²) in [7, 11) is 0. The van der Waals surface area contributed by atoms with Crippen molar-refractivity contribution in [2.24, 2.45) is 9.98 Å². The quantitative estimate of drug-likeness (QED) is 0.236. The highest BCUT2D eigenvalue weighted by molar-refractivity contribution is 5.86. The van der Waals surface area contributed by atoms with E-state index in [0.29, 0.717) is 0 Å². The second-order valence-corrected chi connectivity index (χ2v) is 6.94. The Morgan fingerprint density at radius 1 is 0.452 bits per heavy atom. The largest absolute Gasteiger partial charge is 0.187 e. The van der Waals surface area contributed by atoms with Crippen LogP contribution in [0.25, 0.3) is 23.5 Å². The summed E-state index contributed by atoms with van der Waals surface area (Å²) in [5.74, 6) is 0. The predicted octanol–water partition coefficient (Wildman–Crippen LogP) is 7.56. The lowest BCUT2D eigenvalue weighted by Crippen LogP contribution is -1.83. The maximum absolute atomic E-state index is 4.60. The van der Waals surface area contributed by atoms with Gasteiger partial charge in [-0.1, -0.05) is 121 Å². The Labute approximate surface area is 183 Å². The molecule has 31 heavy (non-hydrogen) atoms. The Balaban J connectivity index is 1.74. The van der Waals surface area contributed by atoms with E-state index < -0.39 is 0 Å². The van der Waals surface area contributed by atoms with Gasteiger partial charge < -0.3 is 0 Å². The molecule has 2 heteroatoms. The Morgan fingerprint density at radius 2 is 0.774 bits per heavy atom. The topological polar surface area (TPSA) is 24.7 Å². The minimum Gasteiger partial charge on any atom is -0.187 e. The third-order valence-corrected chi connectivity index (χ3v) is 4.69. The van der Waals surface area contributed by atoms with Crippen LogP contribution in [-0.2, 0) is 0 Å². The fourth-order valence-electron chi connectivity index (χ4n) is 3.13. The third kappa shape index (κ3) is 5.86. The van der Waals surface area contributed by atoms with Crippen molar-refractivity contribution in [3.8, 4) is 0 Å². The van der Waals surface area contributed by atoms with Gasteiger partial charge in [0.15, 0.2) is 0 Å². The normalized spacial score (nSPS) is 11.5. The lowest BCUT2D eigenvalue weighted by atomic mass is 10.1. The van der Waals surface area contributed by atoms with Crippen LogP contribution in [0.1, 0.15) is 22.3 Å². The van der Waals surface area contributed by atoms with Crippen LogP contribution in [0.3, 0.4) is 0 Å². The van der Waals surface area contributed by atoms with E-state index in [1.165, 1.54) is 0 Å². The summed E-state index contributed by atoms with van der Waals surface area (Å²) in [6, 6.07) is 43.4. The molecule has 0 aromatic heterocycles. The fourth-order valence-corrected chi connectivity index (χ4v) is 3.13. The lowest BCUT2D eigenvalue weighted by Gasteiger charge is -2.02. The second-order valence-electron chi connectivity index (χ2n) is 6.94. The Hall–Kier alpha value is -4.26. The van der Waals surface area contributed by atoms with Crippen LogP contribution in [0, 0.1) is 0 Å². The SMILES string of the molecule is C(=N/C(=C/c1ccccc1)c1ccccc1)=N/C(=C/c1ccccc1)c1ccccc1. The van der Waals surface area contributed by atoms with Crippen LogP contribution in [-0.4, -0.2) is 6.01 Å². The Bertz CT molecular complexity index is 1120. The zero-order valence-corrected chi connectivity index (χ0v) is 17.1. The van der Waals surface area contributed by atoms with Gasteiger partial charge in [-0.3, -0.25) is 0 Å². The number of rotatable bonds is 6. The summed E-state index contributed by atoms with van der Waals surface area (Å²) in [5, 5.41) is 0. The zero-order valence-electron chi connectivity index (χ0n) is 17.1. The molecule has 0 aliphatic heterocycles. The summed E-state index contributed by atoms with van der Waals surface area (Å²) < 4.78 is 0. The molecule has 0 saturated heterocycles. The van der Waals surface area contributed by atoms with Gasteiger partial charge >= 0.3 is 0 Å². The molecule has 0 radical (unpaired) electrons. The molecule has 0 atom stereocenters. The minimum absolute atomic E-state index is 0.808. The molecular weight excluding hydrogens is 376 g/mol. The third-order valence-electron chi connectivity index (χ3n) is 4.69. The Morgan fingerprint density at radius 3 is 1.13 bits per heavy atom. The maximum Gasteiger partial charge on any atom is 0.101 e. The summed E-state index contributed by atoms with van der Waals surface area (Å²) >= 11 is 0. The zero-order chi connectivity index (χ0) is 21.1. The number of benzene rings is 4. The highest BCUT2D eigenvalue weighted by Gasteiger charge is 2.01. The summed E-state index contributed by atoms with van der Waals surface area (Å²) in [5.41, 5.74) is 5.81. The highest BCUT2D eigenvalue weighted by Crippen LogP contribution is 2.21. The molecule has 0 saturated carbocycles. The maximum atomic E-state index is 4.60. The first-order chi connectivity index (χ1) is 15.4. The van der Waals surface area contributed by atoms with E-state index in [1.54, 1.807) is 0 Å². The van der Waals surface area contributed by atoms with Crippen molar-refractivity contribution in [3.63, 3.8) is 0 Å². The second kappa shape index (κ2) is 10.5. The number of hydrogen-bond acceptors (Lipinski definition) is 2. The molecule has 0 aliphatic carbocycles. The summed E-state index contributed by atoms with van der Waals surface area (Å²) in [6.07, 6.45) is 4.09.